The van der Waals surface area contributed by atoms with Gasteiger partial charge in [0.15, 0.2) is 0 Å². The lowest BCUT2D eigenvalue weighted by Crippen LogP contribution is -2.29. The number of aliphatic hydroxyl groups is 1. The highest BCUT2D eigenvalue weighted by Gasteiger charge is 2.46. The van der Waals surface area contributed by atoms with Gasteiger partial charge in [0.05, 0.1) is 23.2 Å². The highest BCUT2D eigenvalue weighted by molar-refractivity contribution is 6.47. The average molecular weight is 482 g/mol. The number of phenols is 1. The molecule has 6 nitrogen and oxygen atoms in total. The fourth-order valence-electron chi connectivity index (χ4n) is 3.96. The van der Waals surface area contributed by atoms with Crippen molar-refractivity contribution in [3.63, 3.8) is 0 Å². The second-order valence-corrected chi connectivity index (χ2v) is 8.13. The molecule has 1 unspecified atom stereocenters. The molecule has 1 saturated heterocycles. The number of aliphatic hydroxyl groups excluding tert-OH is 1. The molecule has 1 fully saturated rings. The number of amides is 1. The third-order valence-electron chi connectivity index (χ3n) is 5.50. The molecule has 1 atom stereocenters. The molecule has 1 aliphatic heterocycles. The summed E-state index contributed by atoms with van der Waals surface area (Å²) in [5.74, 6) is -2.26. The Balaban J connectivity index is 1.88. The van der Waals surface area contributed by atoms with Gasteiger partial charge in [0.2, 0.25) is 0 Å². The van der Waals surface area contributed by atoms with Gasteiger partial charge in [0.1, 0.15) is 23.1 Å². The van der Waals surface area contributed by atoms with E-state index in [4.69, 9.17) is 16.3 Å². The van der Waals surface area contributed by atoms with Crippen LogP contribution >= 0.6 is 11.6 Å². The van der Waals surface area contributed by atoms with Gasteiger partial charge in [-0.05, 0) is 60.5 Å². The average Bonchev–Trinajstić information content (AvgIpc) is 3.06. The number of carbonyl (C=O) groups is 2. The van der Waals surface area contributed by atoms with Gasteiger partial charge in [-0.25, -0.2) is 4.39 Å². The molecule has 0 aromatic heterocycles. The molecule has 3 aromatic carbocycles. The van der Waals surface area contributed by atoms with Crippen molar-refractivity contribution in [3.8, 4) is 11.5 Å². The monoisotopic (exact) mass is 481 g/mol. The molecule has 0 spiro atoms. The molecule has 34 heavy (non-hydrogen) atoms. The van der Waals surface area contributed by atoms with Crippen molar-refractivity contribution in [2.45, 2.75) is 19.5 Å². The van der Waals surface area contributed by atoms with E-state index in [2.05, 4.69) is 0 Å². The minimum atomic E-state index is -1.01. The molecule has 1 aliphatic rings. The minimum absolute atomic E-state index is 0.0192. The Morgan fingerprint density at radius 3 is 2.50 bits per heavy atom. The van der Waals surface area contributed by atoms with E-state index in [1.165, 1.54) is 53.4 Å². The molecule has 8 heteroatoms. The predicted molar refractivity (Wildman–Crippen MR) is 125 cm³/mol. The number of rotatable bonds is 6. The Kier molecular flexibility index (Phi) is 6.56. The van der Waals surface area contributed by atoms with Gasteiger partial charge >= 0.3 is 0 Å². The van der Waals surface area contributed by atoms with Crippen molar-refractivity contribution in [1.82, 2.24) is 4.90 Å². The minimum Gasteiger partial charge on any atom is -0.508 e. The molecular formula is C26H21ClFNO5. The summed E-state index contributed by atoms with van der Waals surface area (Å²) in [5.41, 5.74) is 0.968. The van der Waals surface area contributed by atoms with E-state index in [1.807, 2.05) is 0 Å². The number of carbonyl (C=O) groups excluding carboxylic acids is 2. The van der Waals surface area contributed by atoms with E-state index in [-0.39, 0.29) is 28.5 Å². The number of benzene rings is 3. The van der Waals surface area contributed by atoms with Gasteiger partial charge in [-0.2, -0.15) is 0 Å². The normalized spacial score (nSPS) is 17.3. The van der Waals surface area contributed by atoms with Crippen molar-refractivity contribution in [2.24, 2.45) is 0 Å². The number of phenolic OH excluding ortho intramolecular Hbond substituents is 1. The number of halogens is 2. The second kappa shape index (κ2) is 9.57. The van der Waals surface area contributed by atoms with Crippen LogP contribution in [0.5, 0.6) is 11.5 Å². The Morgan fingerprint density at radius 2 is 1.82 bits per heavy atom. The molecule has 0 radical (unpaired) electrons. The number of ketones is 1. The Morgan fingerprint density at radius 1 is 1.09 bits per heavy atom. The molecule has 174 valence electrons. The van der Waals surface area contributed by atoms with Crippen LogP contribution in [0.25, 0.3) is 5.76 Å². The zero-order valence-corrected chi connectivity index (χ0v) is 18.9. The maximum atomic E-state index is 13.4. The predicted octanol–water partition coefficient (Wildman–Crippen LogP) is 5.21. The van der Waals surface area contributed by atoms with Crippen molar-refractivity contribution in [2.75, 3.05) is 6.61 Å². The molecule has 0 aliphatic carbocycles. The van der Waals surface area contributed by atoms with Crippen LogP contribution in [0.3, 0.4) is 0 Å². The maximum absolute atomic E-state index is 13.4. The summed E-state index contributed by atoms with van der Waals surface area (Å²) >= 11 is 6.32. The SMILES string of the molecule is CCOc1ccc(Cl)c(/C(O)=C2\C(=O)C(=O)N(Cc3ccc(F)cc3)C2c2cccc(O)c2)c1. The third kappa shape index (κ3) is 4.47. The first kappa shape index (κ1) is 23.3. The largest absolute Gasteiger partial charge is 0.508 e. The highest BCUT2D eigenvalue weighted by Crippen LogP contribution is 2.42. The van der Waals surface area contributed by atoms with E-state index in [1.54, 1.807) is 25.1 Å². The molecule has 0 bridgehead atoms. The fraction of sp³-hybridized carbons (Fsp3) is 0.154. The first-order valence-electron chi connectivity index (χ1n) is 10.5. The van der Waals surface area contributed by atoms with E-state index in [0.717, 1.165) is 0 Å². The summed E-state index contributed by atoms with van der Waals surface area (Å²) in [5, 5.41) is 21.4. The fourth-order valence-corrected chi connectivity index (χ4v) is 4.17. The van der Waals surface area contributed by atoms with Crippen LogP contribution in [0.2, 0.25) is 5.02 Å². The lowest BCUT2D eigenvalue weighted by Gasteiger charge is -2.25. The lowest BCUT2D eigenvalue weighted by molar-refractivity contribution is -0.140. The zero-order valence-electron chi connectivity index (χ0n) is 18.2. The van der Waals surface area contributed by atoms with E-state index >= 15 is 0 Å². The van der Waals surface area contributed by atoms with Crippen LogP contribution < -0.4 is 4.74 Å². The number of Topliss-reactive ketones (excluding diaryl/α,β-unsaturated/α-hetero) is 1. The van der Waals surface area contributed by atoms with Crippen LogP contribution in [0.15, 0.2) is 72.3 Å². The quantitative estimate of drug-likeness (QED) is 0.287. The summed E-state index contributed by atoms with van der Waals surface area (Å²) < 4.78 is 18.9. The van der Waals surface area contributed by atoms with Crippen molar-refractivity contribution in [3.05, 3.63) is 99.8 Å². The van der Waals surface area contributed by atoms with Gasteiger partial charge in [-0.15, -0.1) is 0 Å². The van der Waals surface area contributed by atoms with E-state index in [9.17, 15) is 24.2 Å². The van der Waals surface area contributed by atoms with Gasteiger partial charge in [0.25, 0.3) is 11.7 Å². The number of hydrogen-bond acceptors (Lipinski definition) is 5. The first-order valence-corrected chi connectivity index (χ1v) is 10.9. The van der Waals surface area contributed by atoms with Gasteiger partial charge < -0.3 is 19.8 Å². The summed E-state index contributed by atoms with van der Waals surface area (Å²) in [6, 6.07) is 15.3. The second-order valence-electron chi connectivity index (χ2n) is 7.72. The summed E-state index contributed by atoms with van der Waals surface area (Å²) in [4.78, 5) is 27.5. The van der Waals surface area contributed by atoms with Crippen LogP contribution in [0.1, 0.15) is 29.7 Å². The molecule has 2 N–H and O–H groups in total. The van der Waals surface area contributed by atoms with Crippen LogP contribution in [0, 0.1) is 5.82 Å². The van der Waals surface area contributed by atoms with Crippen molar-refractivity contribution >= 4 is 29.1 Å². The Bertz CT molecular complexity index is 1290. The van der Waals surface area contributed by atoms with Crippen LogP contribution in [-0.2, 0) is 16.1 Å². The maximum Gasteiger partial charge on any atom is 0.295 e. The number of nitrogens with zero attached hydrogens (tertiary/aromatic N) is 1. The molecule has 0 saturated carbocycles. The lowest BCUT2D eigenvalue weighted by atomic mass is 9.95. The molecule has 1 amide bonds. The third-order valence-corrected chi connectivity index (χ3v) is 5.83. The van der Waals surface area contributed by atoms with Crippen molar-refractivity contribution in [1.29, 1.82) is 0 Å². The van der Waals surface area contributed by atoms with Gasteiger partial charge in [-0.3, -0.25) is 9.59 Å². The summed E-state index contributed by atoms with van der Waals surface area (Å²) in [6.45, 7) is 2.17. The molecule has 3 aromatic rings. The molecule has 4 rings (SSSR count). The number of ether oxygens (including phenoxy) is 1. The van der Waals surface area contributed by atoms with E-state index < -0.39 is 29.3 Å². The summed E-state index contributed by atoms with van der Waals surface area (Å²) in [6.07, 6.45) is 0. The number of hydrogen-bond donors (Lipinski definition) is 2. The Hall–Kier alpha value is -3.84. The number of aromatic hydroxyl groups is 1. The zero-order chi connectivity index (χ0) is 24.4. The summed E-state index contributed by atoms with van der Waals surface area (Å²) in [7, 11) is 0. The van der Waals surface area contributed by atoms with Gasteiger partial charge in [0, 0.05) is 12.1 Å². The highest BCUT2D eigenvalue weighted by atomic mass is 35.5. The van der Waals surface area contributed by atoms with Crippen molar-refractivity contribution < 1.29 is 28.9 Å². The number of likely N-dealkylation sites (tertiary alicyclic amines) is 1. The van der Waals surface area contributed by atoms with Crippen LogP contribution in [-0.4, -0.2) is 33.4 Å². The first-order chi connectivity index (χ1) is 16.3. The van der Waals surface area contributed by atoms with E-state index in [0.29, 0.717) is 23.5 Å². The smallest absolute Gasteiger partial charge is 0.295 e. The van der Waals surface area contributed by atoms with Gasteiger partial charge in [-0.1, -0.05) is 35.9 Å². The molecule has 1 heterocycles. The standard InChI is InChI=1S/C26H21ClFNO5/c1-2-34-19-10-11-21(27)20(13-19)24(31)22-23(16-4-3-5-18(30)12-16)29(26(33)25(22)32)14-15-6-8-17(28)9-7-15/h3-13,23,30-31H,2,14H2,1H3/b24-22+. The molecular weight excluding hydrogens is 461 g/mol. The van der Waals surface area contributed by atoms with Crippen LogP contribution in [0.4, 0.5) is 4.39 Å². The Labute approximate surface area is 200 Å². The topological polar surface area (TPSA) is 87.1 Å².